The Morgan fingerprint density at radius 1 is 1.26 bits per heavy atom. The van der Waals surface area contributed by atoms with Gasteiger partial charge in [-0.1, -0.05) is 15.9 Å². The Labute approximate surface area is 119 Å². The lowest BCUT2D eigenvalue weighted by molar-refractivity contribution is 0.0997. The number of carbonyl (C=O) groups excluding carboxylic acids is 1. The van der Waals surface area contributed by atoms with E-state index in [-0.39, 0.29) is 11.4 Å². The van der Waals surface area contributed by atoms with Crippen molar-refractivity contribution in [1.82, 2.24) is 4.98 Å². The maximum absolute atomic E-state index is 11.3. The SMILES string of the molecule is Cc1ccc(C(N)=O)c(Oc2ccc(Br)c(C)c2)n1. The Bertz CT molecular complexity index is 641. The molecule has 0 bridgehead atoms. The van der Waals surface area contributed by atoms with E-state index in [1.165, 1.54) is 0 Å². The number of aryl methyl sites for hydroxylation is 2. The van der Waals surface area contributed by atoms with Crippen molar-refractivity contribution in [3.8, 4) is 11.6 Å². The maximum atomic E-state index is 11.3. The van der Waals surface area contributed by atoms with Crippen molar-refractivity contribution in [2.45, 2.75) is 13.8 Å². The van der Waals surface area contributed by atoms with Gasteiger partial charge in [0.2, 0.25) is 5.88 Å². The van der Waals surface area contributed by atoms with E-state index in [0.717, 1.165) is 15.7 Å². The van der Waals surface area contributed by atoms with Crippen LogP contribution in [0.15, 0.2) is 34.8 Å². The van der Waals surface area contributed by atoms with Gasteiger partial charge in [0.05, 0.1) is 0 Å². The largest absolute Gasteiger partial charge is 0.438 e. The first-order valence-electron chi connectivity index (χ1n) is 5.69. The Kier molecular flexibility index (Phi) is 3.85. The highest BCUT2D eigenvalue weighted by molar-refractivity contribution is 9.10. The second-order valence-electron chi connectivity index (χ2n) is 4.18. The second-order valence-corrected chi connectivity index (χ2v) is 5.04. The van der Waals surface area contributed by atoms with Crippen molar-refractivity contribution in [3.63, 3.8) is 0 Å². The first-order chi connectivity index (χ1) is 8.97. The Morgan fingerprint density at radius 2 is 2.00 bits per heavy atom. The number of rotatable bonds is 3. The zero-order chi connectivity index (χ0) is 14.0. The molecule has 4 nitrogen and oxygen atoms in total. The molecule has 2 aromatic rings. The Morgan fingerprint density at radius 3 is 2.63 bits per heavy atom. The standard InChI is InChI=1S/C14H13BrN2O2/c1-8-7-10(4-6-12(8)15)19-14-11(13(16)18)5-3-9(2)17-14/h3-7H,1-2H3,(H2,16,18). The lowest BCUT2D eigenvalue weighted by atomic mass is 10.2. The van der Waals surface area contributed by atoms with Crippen LogP contribution in [0.5, 0.6) is 11.6 Å². The molecule has 0 radical (unpaired) electrons. The molecule has 0 unspecified atom stereocenters. The van der Waals surface area contributed by atoms with Crippen molar-refractivity contribution in [2.75, 3.05) is 0 Å². The van der Waals surface area contributed by atoms with E-state index in [9.17, 15) is 4.79 Å². The maximum Gasteiger partial charge on any atom is 0.254 e. The lowest BCUT2D eigenvalue weighted by Gasteiger charge is -2.10. The third-order valence-electron chi connectivity index (χ3n) is 2.61. The minimum Gasteiger partial charge on any atom is -0.438 e. The zero-order valence-corrected chi connectivity index (χ0v) is 12.2. The Hall–Kier alpha value is -1.88. The van der Waals surface area contributed by atoms with Gasteiger partial charge >= 0.3 is 0 Å². The van der Waals surface area contributed by atoms with Gasteiger partial charge in [0.1, 0.15) is 11.3 Å². The van der Waals surface area contributed by atoms with E-state index in [1.807, 2.05) is 26.0 Å². The fourth-order valence-electron chi connectivity index (χ4n) is 1.59. The quantitative estimate of drug-likeness (QED) is 0.943. The van der Waals surface area contributed by atoms with E-state index in [4.69, 9.17) is 10.5 Å². The third-order valence-corrected chi connectivity index (χ3v) is 3.50. The summed E-state index contributed by atoms with van der Waals surface area (Å²) in [6.07, 6.45) is 0. The van der Waals surface area contributed by atoms with E-state index in [0.29, 0.717) is 5.75 Å². The van der Waals surface area contributed by atoms with Gasteiger partial charge in [-0.3, -0.25) is 4.79 Å². The van der Waals surface area contributed by atoms with Crippen molar-refractivity contribution in [1.29, 1.82) is 0 Å². The highest BCUT2D eigenvalue weighted by atomic mass is 79.9. The minimum atomic E-state index is -0.559. The summed E-state index contributed by atoms with van der Waals surface area (Å²) in [7, 11) is 0. The van der Waals surface area contributed by atoms with E-state index < -0.39 is 5.91 Å². The third kappa shape index (κ3) is 3.12. The van der Waals surface area contributed by atoms with E-state index in [1.54, 1.807) is 18.2 Å². The molecule has 19 heavy (non-hydrogen) atoms. The Balaban J connectivity index is 2.39. The average Bonchev–Trinajstić information content (AvgIpc) is 2.33. The van der Waals surface area contributed by atoms with Crippen LogP contribution in [-0.2, 0) is 0 Å². The van der Waals surface area contributed by atoms with Gasteiger partial charge in [0, 0.05) is 10.2 Å². The van der Waals surface area contributed by atoms with Crippen molar-refractivity contribution in [3.05, 3.63) is 51.6 Å². The van der Waals surface area contributed by atoms with Gasteiger partial charge in [-0.2, -0.15) is 0 Å². The fraction of sp³-hybridized carbons (Fsp3) is 0.143. The van der Waals surface area contributed by atoms with Crippen molar-refractivity contribution >= 4 is 21.8 Å². The highest BCUT2D eigenvalue weighted by Gasteiger charge is 2.12. The summed E-state index contributed by atoms with van der Waals surface area (Å²) in [6.45, 7) is 3.78. The molecule has 2 N–H and O–H groups in total. The predicted molar refractivity (Wildman–Crippen MR) is 76.4 cm³/mol. The van der Waals surface area contributed by atoms with Gasteiger partial charge < -0.3 is 10.5 Å². The molecule has 0 aliphatic carbocycles. The van der Waals surface area contributed by atoms with Gasteiger partial charge in [0.15, 0.2) is 0 Å². The summed E-state index contributed by atoms with van der Waals surface area (Å²) in [5.41, 5.74) is 7.37. The number of amides is 1. The molecule has 0 spiro atoms. The van der Waals surface area contributed by atoms with Crippen LogP contribution in [0.3, 0.4) is 0 Å². The molecule has 0 saturated heterocycles. The number of primary amides is 1. The van der Waals surface area contributed by atoms with Gasteiger partial charge in [-0.05, 0) is 49.7 Å². The number of halogens is 1. The molecule has 2 rings (SSSR count). The van der Waals surface area contributed by atoms with Crippen LogP contribution < -0.4 is 10.5 Å². The predicted octanol–water partition coefficient (Wildman–Crippen LogP) is 3.35. The van der Waals surface area contributed by atoms with Gasteiger partial charge in [-0.25, -0.2) is 4.98 Å². The van der Waals surface area contributed by atoms with Crippen LogP contribution >= 0.6 is 15.9 Å². The lowest BCUT2D eigenvalue weighted by Crippen LogP contribution is -2.13. The second kappa shape index (κ2) is 5.40. The summed E-state index contributed by atoms with van der Waals surface area (Å²) >= 11 is 3.42. The number of aromatic nitrogens is 1. The molecule has 5 heteroatoms. The molecule has 0 aliphatic rings. The van der Waals surface area contributed by atoms with E-state index in [2.05, 4.69) is 20.9 Å². The van der Waals surface area contributed by atoms with Gasteiger partial charge in [0.25, 0.3) is 5.91 Å². The summed E-state index contributed by atoms with van der Waals surface area (Å²) < 4.78 is 6.65. The normalized spacial score (nSPS) is 10.3. The topological polar surface area (TPSA) is 65.2 Å². The molecule has 0 saturated carbocycles. The number of nitrogens with zero attached hydrogens (tertiary/aromatic N) is 1. The summed E-state index contributed by atoms with van der Waals surface area (Å²) in [4.78, 5) is 15.5. The van der Waals surface area contributed by atoms with E-state index >= 15 is 0 Å². The summed E-state index contributed by atoms with van der Waals surface area (Å²) in [5, 5.41) is 0. The molecule has 1 amide bonds. The molecule has 1 aromatic carbocycles. The number of ether oxygens (including phenoxy) is 1. The molecule has 0 fully saturated rings. The first kappa shape index (κ1) is 13.5. The molecular weight excluding hydrogens is 308 g/mol. The molecule has 0 aliphatic heterocycles. The van der Waals surface area contributed by atoms with Crippen molar-refractivity contribution in [2.24, 2.45) is 5.73 Å². The van der Waals surface area contributed by atoms with Crippen LogP contribution in [-0.4, -0.2) is 10.9 Å². The smallest absolute Gasteiger partial charge is 0.254 e. The average molecular weight is 321 g/mol. The molecule has 98 valence electrons. The number of pyridine rings is 1. The summed E-state index contributed by atoms with van der Waals surface area (Å²) in [6, 6.07) is 8.88. The number of nitrogens with two attached hydrogens (primary N) is 1. The van der Waals surface area contributed by atoms with Crippen molar-refractivity contribution < 1.29 is 9.53 Å². The van der Waals surface area contributed by atoms with Crippen LogP contribution in [0.2, 0.25) is 0 Å². The van der Waals surface area contributed by atoms with Crippen LogP contribution in [0.1, 0.15) is 21.6 Å². The fourth-order valence-corrected chi connectivity index (χ4v) is 1.84. The first-order valence-corrected chi connectivity index (χ1v) is 6.48. The number of benzene rings is 1. The monoisotopic (exact) mass is 320 g/mol. The van der Waals surface area contributed by atoms with Crippen LogP contribution in [0.4, 0.5) is 0 Å². The molecule has 0 atom stereocenters. The summed E-state index contributed by atoms with van der Waals surface area (Å²) in [5.74, 6) is 0.284. The highest BCUT2D eigenvalue weighted by Crippen LogP contribution is 2.27. The molecule has 1 heterocycles. The minimum absolute atomic E-state index is 0.231. The zero-order valence-electron chi connectivity index (χ0n) is 10.6. The van der Waals surface area contributed by atoms with Crippen LogP contribution in [0, 0.1) is 13.8 Å². The molecule has 1 aromatic heterocycles. The molecular formula is C14H13BrN2O2. The number of hydrogen-bond acceptors (Lipinski definition) is 3. The number of carbonyl (C=O) groups is 1. The van der Waals surface area contributed by atoms with Crippen LogP contribution in [0.25, 0.3) is 0 Å². The van der Waals surface area contributed by atoms with Gasteiger partial charge in [-0.15, -0.1) is 0 Å². The number of hydrogen-bond donors (Lipinski definition) is 1.